The lowest BCUT2D eigenvalue weighted by Crippen LogP contribution is -2.40. The zero-order valence-corrected chi connectivity index (χ0v) is 19.4. The molecule has 1 aromatic carbocycles. The van der Waals surface area contributed by atoms with Crippen LogP contribution in [0.3, 0.4) is 0 Å². The fraction of sp³-hybridized carbons (Fsp3) is 0.650. The molecule has 1 saturated heterocycles. The van der Waals surface area contributed by atoms with Crippen LogP contribution in [0.15, 0.2) is 29.3 Å². The molecule has 1 aromatic rings. The summed E-state index contributed by atoms with van der Waals surface area (Å²) in [4.78, 5) is 9.57. The molecule has 1 unspecified atom stereocenters. The highest BCUT2D eigenvalue weighted by atomic mass is 127. The van der Waals surface area contributed by atoms with Crippen molar-refractivity contribution in [1.82, 2.24) is 15.1 Å². The maximum atomic E-state index is 5.47. The minimum absolute atomic E-state index is 0. The highest BCUT2D eigenvalue weighted by Gasteiger charge is 2.24. The van der Waals surface area contributed by atoms with Gasteiger partial charge >= 0.3 is 0 Å². The molecule has 1 N–H and O–H groups in total. The van der Waals surface area contributed by atoms with Crippen molar-refractivity contribution in [3.63, 3.8) is 0 Å². The number of guanidine groups is 1. The Balaban J connectivity index is 0.00000364. The van der Waals surface area contributed by atoms with Gasteiger partial charge in [0.05, 0.1) is 20.3 Å². The van der Waals surface area contributed by atoms with Crippen LogP contribution in [0.5, 0.6) is 5.75 Å². The molecule has 2 rings (SSSR count). The first kappa shape index (κ1) is 24.0. The number of likely N-dealkylation sites (tertiary alicyclic amines) is 1. The van der Waals surface area contributed by atoms with Gasteiger partial charge in [-0.05, 0) is 32.4 Å². The second-order valence-corrected chi connectivity index (χ2v) is 6.69. The third-order valence-corrected chi connectivity index (χ3v) is 4.83. The molecule has 1 atom stereocenters. The molecule has 0 bridgehead atoms. The van der Waals surface area contributed by atoms with E-state index in [4.69, 9.17) is 14.5 Å². The summed E-state index contributed by atoms with van der Waals surface area (Å²) >= 11 is 0. The maximum Gasteiger partial charge on any atom is 0.194 e. The first-order valence-electron chi connectivity index (χ1n) is 9.53. The van der Waals surface area contributed by atoms with Crippen LogP contribution in [0.4, 0.5) is 0 Å². The van der Waals surface area contributed by atoms with E-state index in [0.29, 0.717) is 6.04 Å². The van der Waals surface area contributed by atoms with Gasteiger partial charge in [0.2, 0.25) is 0 Å². The SMILES string of the molecule is CCNC(=NCC1CCCN1CCOC)N(C)Cc1ccccc1OC.I. The molecule has 0 amide bonds. The Kier molecular flexibility index (Phi) is 11.7. The Labute approximate surface area is 181 Å². The Morgan fingerprint density at radius 1 is 1.33 bits per heavy atom. The Morgan fingerprint density at radius 2 is 2.11 bits per heavy atom. The average Bonchev–Trinajstić information content (AvgIpc) is 3.11. The highest BCUT2D eigenvalue weighted by molar-refractivity contribution is 14.0. The third-order valence-electron chi connectivity index (χ3n) is 4.83. The molecule has 154 valence electrons. The van der Waals surface area contributed by atoms with Crippen molar-refractivity contribution in [2.75, 3.05) is 54.1 Å². The van der Waals surface area contributed by atoms with Crippen molar-refractivity contribution in [3.05, 3.63) is 29.8 Å². The summed E-state index contributed by atoms with van der Waals surface area (Å²) in [5.74, 6) is 1.86. The van der Waals surface area contributed by atoms with E-state index in [9.17, 15) is 0 Å². The summed E-state index contributed by atoms with van der Waals surface area (Å²) in [6, 6.07) is 8.65. The summed E-state index contributed by atoms with van der Waals surface area (Å²) in [6.45, 7) is 7.46. The first-order chi connectivity index (χ1) is 12.7. The molecule has 0 saturated carbocycles. The summed E-state index contributed by atoms with van der Waals surface area (Å²) in [6.07, 6.45) is 2.46. The molecule has 1 aliphatic rings. The van der Waals surface area contributed by atoms with Crippen LogP contribution >= 0.6 is 24.0 Å². The largest absolute Gasteiger partial charge is 0.496 e. The van der Waals surface area contributed by atoms with Gasteiger partial charge in [0, 0.05) is 45.4 Å². The van der Waals surface area contributed by atoms with Gasteiger partial charge in [-0.25, -0.2) is 0 Å². The van der Waals surface area contributed by atoms with Crippen LogP contribution < -0.4 is 10.1 Å². The third kappa shape index (κ3) is 7.46. The van der Waals surface area contributed by atoms with Gasteiger partial charge in [-0.2, -0.15) is 0 Å². The van der Waals surface area contributed by atoms with Crippen molar-refractivity contribution in [2.45, 2.75) is 32.4 Å². The van der Waals surface area contributed by atoms with E-state index in [1.807, 2.05) is 18.2 Å². The molecule has 0 spiro atoms. The van der Waals surface area contributed by atoms with Crippen LogP contribution in [0.1, 0.15) is 25.3 Å². The molecule has 27 heavy (non-hydrogen) atoms. The van der Waals surface area contributed by atoms with Gasteiger partial charge in [-0.15, -0.1) is 24.0 Å². The molecule has 6 nitrogen and oxygen atoms in total. The smallest absolute Gasteiger partial charge is 0.194 e. The van der Waals surface area contributed by atoms with Crippen LogP contribution in [-0.2, 0) is 11.3 Å². The first-order valence-corrected chi connectivity index (χ1v) is 9.53. The minimum Gasteiger partial charge on any atom is -0.496 e. The number of nitrogens with one attached hydrogen (secondary N) is 1. The zero-order valence-electron chi connectivity index (χ0n) is 17.1. The number of ether oxygens (including phenoxy) is 2. The number of halogens is 1. The molecular weight excluding hydrogens is 455 g/mol. The summed E-state index contributed by atoms with van der Waals surface area (Å²) in [5, 5.41) is 3.41. The van der Waals surface area contributed by atoms with Crippen molar-refractivity contribution < 1.29 is 9.47 Å². The minimum atomic E-state index is 0. The van der Waals surface area contributed by atoms with Crippen LogP contribution in [0, 0.1) is 0 Å². The van der Waals surface area contributed by atoms with Gasteiger partial charge in [-0.3, -0.25) is 9.89 Å². The number of nitrogens with zero attached hydrogens (tertiary/aromatic N) is 3. The lowest BCUT2D eigenvalue weighted by molar-refractivity contribution is 0.142. The molecule has 0 aromatic heterocycles. The van der Waals surface area contributed by atoms with Crippen LogP contribution in [-0.4, -0.2) is 75.9 Å². The van der Waals surface area contributed by atoms with E-state index in [1.54, 1.807) is 14.2 Å². The highest BCUT2D eigenvalue weighted by Crippen LogP contribution is 2.19. The second-order valence-electron chi connectivity index (χ2n) is 6.69. The topological polar surface area (TPSA) is 49.3 Å². The Morgan fingerprint density at radius 3 is 2.81 bits per heavy atom. The van der Waals surface area contributed by atoms with E-state index in [2.05, 4.69) is 35.2 Å². The standard InChI is InChI=1S/C20H34N4O2.HI/c1-5-21-20(22-15-18-10-8-12-24(18)13-14-25-3)23(2)16-17-9-6-7-11-19(17)26-4;/h6-7,9,11,18H,5,8,10,12-16H2,1-4H3,(H,21,22);1H. The van der Waals surface area contributed by atoms with E-state index >= 15 is 0 Å². The van der Waals surface area contributed by atoms with Crippen molar-refractivity contribution >= 4 is 29.9 Å². The quantitative estimate of drug-likeness (QED) is 0.328. The van der Waals surface area contributed by atoms with Crippen molar-refractivity contribution in [1.29, 1.82) is 0 Å². The lowest BCUT2D eigenvalue weighted by Gasteiger charge is -2.26. The average molecular weight is 490 g/mol. The molecule has 1 aliphatic heterocycles. The molecule has 1 fully saturated rings. The van der Waals surface area contributed by atoms with Gasteiger partial charge in [0.15, 0.2) is 5.96 Å². The van der Waals surface area contributed by atoms with E-state index in [1.165, 1.54) is 12.8 Å². The maximum absolute atomic E-state index is 5.47. The Hall–Kier alpha value is -1.06. The number of aliphatic imine (C=N–C) groups is 1. The van der Waals surface area contributed by atoms with Crippen LogP contribution in [0.2, 0.25) is 0 Å². The normalized spacial score (nSPS) is 17.5. The zero-order chi connectivity index (χ0) is 18.8. The summed E-state index contributed by atoms with van der Waals surface area (Å²) < 4.78 is 10.7. The molecule has 0 aliphatic carbocycles. The van der Waals surface area contributed by atoms with Crippen molar-refractivity contribution in [3.8, 4) is 5.75 Å². The molecular formula is C20H35IN4O2. The van der Waals surface area contributed by atoms with E-state index < -0.39 is 0 Å². The summed E-state index contributed by atoms with van der Waals surface area (Å²) in [5.41, 5.74) is 1.16. The van der Waals surface area contributed by atoms with Crippen LogP contribution in [0.25, 0.3) is 0 Å². The fourth-order valence-electron chi connectivity index (χ4n) is 3.43. The predicted molar refractivity (Wildman–Crippen MR) is 122 cm³/mol. The van der Waals surface area contributed by atoms with E-state index in [-0.39, 0.29) is 24.0 Å². The predicted octanol–water partition coefficient (Wildman–Crippen LogP) is 2.82. The van der Waals surface area contributed by atoms with E-state index in [0.717, 1.165) is 56.6 Å². The lowest BCUT2D eigenvalue weighted by atomic mass is 10.2. The van der Waals surface area contributed by atoms with Gasteiger partial charge in [-0.1, -0.05) is 18.2 Å². The number of hydrogen-bond acceptors (Lipinski definition) is 4. The number of hydrogen-bond donors (Lipinski definition) is 1. The van der Waals surface area contributed by atoms with Gasteiger partial charge in [0.25, 0.3) is 0 Å². The van der Waals surface area contributed by atoms with Gasteiger partial charge < -0.3 is 19.7 Å². The van der Waals surface area contributed by atoms with Crippen molar-refractivity contribution in [2.24, 2.45) is 4.99 Å². The summed E-state index contributed by atoms with van der Waals surface area (Å²) in [7, 11) is 5.55. The number of rotatable bonds is 9. The Bertz CT molecular complexity index is 571. The number of benzene rings is 1. The molecule has 7 heteroatoms. The van der Waals surface area contributed by atoms with Gasteiger partial charge in [0.1, 0.15) is 5.75 Å². The number of methoxy groups -OCH3 is 2. The number of para-hydroxylation sites is 1. The second kappa shape index (κ2) is 13.2. The monoisotopic (exact) mass is 490 g/mol. The molecule has 0 radical (unpaired) electrons. The molecule has 1 heterocycles. The fourth-order valence-corrected chi connectivity index (χ4v) is 3.43.